The van der Waals surface area contributed by atoms with E-state index in [-0.39, 0.29) is 35.6 Å². The number of nitrogens with one attached hydrogen (secondary N) is 2. The molecular weight excluding hydrogens is 470 g/mol. The molecule has 0 bridgehead atoms. The fraction of sp³-hybridized carbons (Fsp3) is 0.690. The highest BCUT2D eigenvalue weighted by molar-refractivity contribution is 5.92. The maximum Gasteiger partial charge on any atom is 0.408 e. The second-order valence-corrected chi connectivity index (χ2v) is 12.0. The Morgan fingerprint density at radius 3 is 2.19 bits per heavy atom. The van der Waals surface area contributed by atoms with Crippen molar-refractivity contribution in [3.05, 3.63) is 29.3 Å². The average Bonchev–Trinajstić information content (AvgIpc) is 2.77. The Morgan fingerprint density at radius 2 is 1.68 bits per heavy atom. The van der Waals surface area contributed by atoms with E-state index in [9.17, 15) is 19.5 Å². The largest absolute Gasteiger partial charge is 0.508 e. The Balaban J connectivity index is 1.98. The monoisotopic (exact) mass is 515 g/mol. The molecule has 0 spiro atoms. The number of carbonyl (C=O) groups is 3. The van der Waals surface area contributed by atoms with E-state index >= 15 is 0 Å². The van der Waals surface area contributed by atoms with Gasteiger partial charge in [-0.2, -0.15) is 0 Å². The molecule has 8 heteroatoms. The zero-order valence-electron chi connectivity index (χ0n) is 23.3. The standard InChI is InChI=1S/C29H45N3O5/c1-18(2)24(31-28(36)37-29(4,5)6)27(35)32(22-13-10-14-22)25(20-15-16-23(33)19(3)17-20)26(34)30-21-11-8-7-9-12-21/h15-18,21-22,24-25,33H,7-14H2,1-6H3,(H,30,34)(H,31,36). The number of nitrogens with zero attached hydrogens (tertiary/aromatic N) is 1. The Hall–Kier alpha value is -2.77. The lowest BCUT2D eigenvalue weighted by molar-refractivity contribution is -0.148. The lowest BCUT2D eigenvalue weighted by Gasteiger charge is -2.44. The molecule has 3 N–H and O–H groups in total. The van der Waals surface area contributed by atoms with Crippen LogP contribution in [0.5, 0.6) is 5.75 Å². The number of benzene rings is 1. The third-order valence-corrected chi connectivity index (χ3v) is 7.34. The molecule has 0 radical (unpaired) electrons. The Bertz CT molecular complexity index is 961. The lowest BCUT2D eigenvalue weighted by atomic mass is 9.86. The van der Waals surface area contributed by atoms with Gasteiger partial charge in [-0.15, -0.1) is 0 Å². The number of phenolic OH excluding ortho intramolecular Hbond substituents is 1. The Kier molecular flexibility index (Phi) is 9.48. The molecule has 2 fully saturated rings. The van der Waals surface area contributed by atoms with E-state index in [1.54, 1.807) is 50.8 Å². The smallest absolute Gasteiger partial charge is 0.408 e. The Morgan fingerprint density at radius 1 is 1.03 bits per heavy atom. The number of aromatic hydroxyl groups is 1. The third kappa shape index (κ3) is 7.62. The van der Waals surface area contributed by atoms with Crippen LogP contribution in [-0.4, -0.2) is 51.6 Å². The normalized spacial score (nSPS) is 18.5. The summed E-state index contributed by atoms with van der Waals surface area (Å²) in [6, 6.07) is 3.35. The van der Waals surface area contributed by atoms with Gasteiger partial charge in [-0.25, -0.2) is 4.79 Å². The minimum atomic E-state index is -0.860. The number of amides is 3. The van der Waals surface area contributed by atoms with Gasteiger partial charge in [-0.1, -0.05) is 39.2 Å². The van der Waals surface area contributed by atoms with Crippen LogP contribution in [0.15, 0.2) is 18.2 Å². The highest BCUT2D eigenvalue weighted by atomic mass is 16.6. The van der Waals surface area contributed by atoms with Crippen LogP contribution in [0, 0.1) is 12.8 Å². The van der Waals surface area contributed by atoms with Crippen molar-refractivity contribution >= 4 is 17.9 Å². The first-order valence-electron chi connectivity index (χ1n) is 13.8. The molecule has 2 aliphatic carbocycles. The summed E-state index contributed by atoms with van der Waals surface area (Å²) >= 11 is 0. The van der Waals surface area contributed by atoms with Crippen LogP contribution in [0.3, 0.4) is 0 Å². The van der Waals surface area contributed by atoms with E-state index < -0.39 is 23.8 Å². The van der Waals surface area contributed by atoms with E-state index in [1.165, 1.54) is 6.42 Å². The summed E-state index contributed by atoms with van der Waals surface area (Å²) in [5.41, 5.74) is 0.596. The van der Waals surface area contributed by atoms with Crippen LogP contribution in [0.2, 0.25) is 0 Å². The SMILES string of the molecule is Cc1cc(C(C(=O)NC2CCCCC2)N(C(=O)C(NC(=O)OC(C)(C)C)C(C)C)C2CCC2)ccc1O. The summed E-state index contributed by atoms with van der Waals surface area (Å²) in [6.07, 6.45) is 7.11. The number of alkyl carbamates (subject to hydrolysis) is 1. The van der Waals surface area contributed by atoms with E-state index in [0.717, 1.165) is 44.9 Å². The van der Waals surface area contributed by atoms with E-state index in [2.05, 4.69) is 10.6 Å². The molecule has 206 valence electrons. The van der Waals surface area contributed by atoms with Crippen molar-refractivity contribution in [3.63, 3.8) is 0 Å². The molecule has 1 aromatic carbocycles. The van der Waals surface area contributed by atoms with Gasteiger partial charge in [0.25, 0.3) is 0 Å². The number of aryl methyl sites for hydroxylation is 1. The second-order valence-electron chi connectivity index (χ2n) is 12.0. The lowest BCUT2D eigenvalue weighted by Crippen LogP contribution is -2.59. The van der Waals surface area contributed by atoms with E-state index in [0.29, 0.717) is 11.1 Å². The zero-order valence-corrected chi connectivity index (χ0v) is 23.3. The van der Waals surface area contributed by atoms with Gasteiger partial charge < -0.3 is 25.4 Å². The van der Waals surface area contributed by atoms with Crippen LogP contribution >= 0.6 is 0 Å². The molecule has 2 saturated carbocycles. The van der Waals surface area contributed by atoms with Crippen LogP contribution in [-0.2, 0) is 14.3 Å². The first-order chi connectivity index (χ1) is 17.4. The van der Waals surface area contributed by atoms with Crippen molar-refractivity contribution in [1.82, 2.24) is 15.5 Å². The number of rotatable bonds is 8. The Labute approximate surface area is 221 Å². The molecule has 1 aromatic rings. The molecule has 0 saturated heterocycles. The number of hydrogen-bond donors (Lipinski definition) is 3. The van der Waals surface area contributed by atoms with Gasteiger partial charge in [0, 0.05) is 12.1 Å². The zero-order chi connectivity index (χ0) is 27.3. The van der Waals surface area contributed by atoms with Crippen molar-refractivity contribution in [2.75, 3.05) is 0 Å². The van der Waals surface area contributed by atoms with Crippen molar-refractivity contribution < 1.29 is 24.2 Å². The highest BCUT2D eigenvalue weighted by Crippen LogP contribution is 2.36. The molecule has 0 heterocycles. The van der Waals surface area contributed by atoms with Crippen LogP contribution in [0.25, 0.3) is 0 Å². The van der Waals surface area contributed by atoms with Crippen molar-refractivity contribution in [1.29, 1.82) is 0 Å². The second kappa shape index (κ2) is 12.2. The number of hydrogen-bond acceptors (Lipinski definition) is 5. The van der Waals surface area contributed by atoms with Gasteiger partial charge in [0.1, 0.15) is 23.4 Å². The summed E-state index contributed by atoms with van der Waals surface area (Å²) in [6.45, 7) is 10.9. The fourth-order valence-corrected chi connectivity index (χ4v) is 5.11. The maximum absolute atomic E-state index is 14.2. The van der Waals surface area contributed by atoms with Crippen LogP contribution < -0.4 is 10.6 Å². The van der Waals surface area contributed by atoms with Gasteiger partial charge in [-0.3, -0.25) is 9.59 Å². The summed E-state index contributed by atoms with van der Waals surface area (Å²) < 4.78 is 5.44. The molecule has 3 amide bonds. The number of phenols is 1. The maximum atomic E-state index is 14.2. The van der Waals surface area contributed by atoms with Gasteiger partial charge in [0.2, 0.25) is 11.8 Å². The van der Waals surface area contributed by atoms with Crippen LogP contribution in [0.4, 0.5) is 4.79 Å². The van der Waals surface area contributed by atoms with Crippen molar-refractivity contribution in [2.24, 2.45) is 5.92 Å². The minimum absolute atomic E-state index is 0.0843. The molecular formula is C29H45N3O5. The van der Waals surface area contributed by atoms with Crippen molar-refractivity contribution in [3.8, 4) is 5.75 Å². The third-order valence-electron chi connectivity index (χ3n) is 7.34. The topological polar surface area (TPSA) is 108 Å². The summed E-state index contributed by atoms with van der Waals surface area (Å²) in [5, 5.41) is 16.2. The van der Waals surface area contributed by atoms with Gasteiger partial charge in [0.05, 0.1) is 0 Å². The fourth-order valence-electron chi connectivity index (χ4n) is 5.11. The highest BCUT2D eigenvalue weighted by Gasteiger charge is 2.43. The van der Waals surface area contributed by atoms with Gasteiger partial charge >= 0.3 is 6.09 Å². The molecule has 2 unspecified atom stereocenters. The first kappa shape index (κ1) is 28.8. The van der Waals surface area contributed by atoms with Crippen molar-refractivity contribution in [2.45, 2.75) is 123 Å². The molecule has 3 rings (SSSR count). The number of ether oxygens (including phenoxy) is 1. The molecule has 2 aliphatic rings. The molecule has 0 aromatic heterocycles. The molecule has 2 atom stereocenters. The van der Waals surface area contributed by atoms with Crippen LogP contribution in [0.1, 0.15) is 103 Å². The first-order valence-corrected chi connectivity index (χ1v) is 13.8. The van der Waals surface area contributed by atoms with Gasteiger partial charge in [-0.05, 0) is 89.0 Å². The summed E-state index contributed by atoms with van der Waals surface area (Å²) in [4.78, 5) is 42.5. The van der Waals surface area contributed by atoms with Gasteiger partial charge in [0.15, 0.2) is 0 Å². The van der Waals surface area contributed by atoms with E-state index in [1.807, 2.05) is 13.8 Å². The predicted molar refractivity (Wildman–Crippen MR) is 143 cm³/mol. The summed E-state index contributed by atoms with van der Waals surface area (Å²) in [7, 11) is 0. The average molecular weight is 516 g/mol. The van der Waals surface area contributed by atoms with E-state index in [4.69, 9.17) is 4.74 Å². The molecule has 8 nitrogen and oxygen atoms in total. The minimum Gasteiger partial charge on any atom is -0.508 e. The summed E-state index contributed by atoms with van der Waals surface area (Å²) in [5.74, 6) is -0.577. The quantitative estimate of drug-likeness (QED) is 0.445. The molecule has 0 aliphatic heterocycles. The predicted octanol–water partition coefficient (Wildman–Crippen LogP) is 5.12. The molecule has 37 heavy (non-hydrogen) atoms. The number of carbonyl (C=O) groups excluding carboxylic acids is 3.